The number of amides is 1. The fourth-order valence-corrected chi connectivity index (χ4v) is 2.59. The van der Waals surface area contributed by atoms with E-state index >= 15 is 0 Å². The molecule has 5 heteroatoms. The summed E-state index contributed by atoms with van der Waals surface area (Å²) in [4.78, 5) is 11.7. The molecule has 0 radical (unpaired) electrons. The summed E-state index contributed by atoms with van der Waals surface area (Å²) in [5, 5.41) is 11.5. The number of nitrogens with one attached hydrogen (secondary N) is 1. The van der Waals surface area contributed by atoms with Gasteiger partial charge in [0.15, 0.2) is 0 Å². The molecule has 2 rings (SSSR count). The number of alkyl halides is 1. The lowest BCUT2D eigenvalue weighted by atomic mass is 9.73. The Morgan fingerprint density at radius 2 is 2.28 bits per heavy atom. The van der Waals surface area contributed by atoms with Gasteiger partial charge >= 0.3 is 0 Å². The lowest BCUT2D eigenvalue weighted by Crippen LogP contribution is -2.63. The van der Waals surface area contributed by atoms with Gasteiger partial charge in [-0.05, 0) is 32.3 Å². The zero-order chi connectivity index (χ0) is 13.4. The molecular formula is C13H17F2NO2. The van der Waals surface area contributed by atoms with E-state index < -0.39 is 29.6 Å². The number of hydrogen-bond acceptors (Lipinski definition) is 2. The second-order valence-corrected chi connectivity index (χ2v) is 5.26. The highest BCUT2D eigenvalue weighted by Crippen LogP contribution is 2.40. The molecule has 1 aliphatic heterocycles. The number of piperidine rings is 1. The summed E-state index contributed by atoms with van der Waals surface area (Å²) >= 11 is 0. The fourth-order valence-electron chi connectivity index (χ4n) is 2.59. The van der Waals surface area contributed by atoms with Crippen LogP contribution in [-0.4, -0.2) is 28.8 Å². The van der Waals surface area contributed by atoms with E-state index in [0.717, 1.165) is 0 Å². The summed E-state index contributed by atoms with van der Waals surface area (Å²) in [7, 11) is 0. The monoisotopic (exact) mass is 257 g/mol. The molecular weight excluding hydrogens is 240 g/mol. The van der Waals surface area contributed by atoms with Crippen molar-refractivity contribution in [2.24, 2.45) is 5.92 Å². The summed E-state index contributed by atoms with van der Waals surface area (Å²) in [5.74, 6) is -1.61. The third-order valence-electron chi connectivity index (χ3n) is 3.96. The van der Waals surface area contributed by atoms with Gasteiger partial charge in [0, 0.05) is 11.5 Å². The summed E-state index contributed by atoms with van der Waals surface area (Å²) in [5.41, 5.74) is -3.03. The topological polar surface area (TPSA) is 49.3 Å². The lowest BCUT2D eigenvalue weighted by Gasteiger charge is -2.44. The number of hydrogen-bond donors (Lipinski definition) is 2. The van der Waals surface area contributed by atoms with Crippen LogP contribution in [-0.2, 0) is 4.79 Å². The number of aliphatic hydroxyl groups excluding tert-OH is 1. The maximum Gasteiger partial charge on any atom is 0.260 e. The van der Waals surface area contributed by atoms with Crippen LogP contribution in [0.1, 0.15) is 26.2 Å². The molecule has 2 unspecified atom stereocenters. The Labute approximate surface area is 105 Å². The second-order valence-electron chi connectivity index (χ2n) is 5.26. The van der Waals surface area contributed by atoms with Crippen LogP contribution in [0.4, 0.5) is 8.78 Å². The Hall–Kier alpha value is -1.23. The van der Waals surface area contributed by atoms with E-state index in [0.29, 0.717) is 12.8 Å². The van der Waals surface area contributed by atoms with Crippen molar-refractivity contribution >= 4 is 5.91 Å². The standard InChI is InChI=1S/C13H17F2NO2/c1-12(9-4-2-3-5-10(9)14)6-7-13(15,8-17)11(18)16-12/h2-3,5,9,17H,4,6-8H2,1H3,(H,16,18)/t9?,12-,13?/m0/s1. The van der Waals surface area contributed by atoms with Crippen LogP contribution in [0.15, 0.2) is 24.1 Å². The molecule has 2 aliphatic rings. The molecule has 0 spiro atoms. The number of allylic oxidation sites excluding steroid dienone is 3. The minimum absolute atomic E-state index is 0.0840. The molecule has 0 bridgehead atoms. The minimum atomic E-state index is -2.23. The molecule has 0 aromatic rings. The maximum atomic E-state index is 13.9. The molecule has 0 aromatic carbocycles. The first-order valence-electron chi connectivity index (χ1n) is 6.06. The van der Waals surface area contributed by atoms with E-state index in [1.165, 1.54) is 6.08 Å². The smallest absolute Gasteiger partial charge is 0.260 e. The van der Waals surface area contributed by atoms with Crippen molar-refractivity contribution in [3.8, 4) is 0 Å². The number of rotatable bonds is 2. The molecule has 3 nitrogen and oxygen atoms in total. The normalized spacial score (nSPS) is 40.3. The SMILES string of the molecule is C[C@@]1(C2CC=CC=C2F)CCC(F)(CO)C(=O)N1. The van der Waals surface area contributed by atoms with Gasteiger partial charge < -0.3 is 10.4 Å². The minimum Gasteiger partial charge on any atom is -0.392 e. The summed E-state index contributed by atoms with van der Waals surface area (Å²) in [6.07, 6.45) is 5.53. The number of halogens is 2. The molecule has 2 N–H and O–H groups in total. The van der Waals surface area contributed by atoms with Gasteiger partial charge in [0.05, 0.1) is 6.61 Å². The number of carbonyl (C=O) groups excluding carboxylic acids is 1. The van der Waals surface area contributed by atoms with E-state index in [-0.39, 0.29) is 12.2 Å². The fraction of sp³-hybridized carbons (Fsp3) is 0.615. The molecule has 100 valence electrons. The molecule has 1 amide bonds. The second kappa shape index (κ2) is 4.46. The molecule has 1 aliphatic carbocycles. The van der Waals surface area contributed by atoms with Gasteiger partial charge in [0.25, 0.3) is 5.91 Å². The van der Waals surface area contributed by atoms with Gasteiger partial charge in [-0.15, -0.1) is 0 Å². The Kier molecular flexibility index (Phi) is 3.27. The van der Waals surface area contributed by atoms with Crippen molar-refractivity contribution in [1.82, 2.24) is 5.32 Å². The van der Waals surface area contributed by atoms with Crippen LogP contribution in [0.25, 0.3) is 0 Å². The van der Waals surface area contributed by atoms with Gasteiger partial charge in [0.1, 0.15) is 5.83 Å². The summed E-state index contributed by atoms with van der Waals surface area (Å²) < 4.78 is 27.7. The van der Waals surface area contributed by atoms with Crippen molar-refractivity contribution in [1.29, 1.82) is 0 Å². The Bertz CT molecular complexity index is 421. The van der Waals surface area contributed by atoms with Crippen LogP contribution in [0.3, 0.4) is 0 Å². The van der Waals surface area contributed by atoms with Crippen molar-refractivity contribution in [2.75, 3.05) is 6.61 Å². The third-order valence-corrected chi connectivity index (χ3v) is 3.96. The highest BCUT2D eigenvalue weighted by molar-refractivity contribution is 5.86. The first-order chi connectivity index (χ1) is 8.41. The predicted octanol–water partition coefficient (Wildman–Crippen LogP) is 1.79. The van der Waals surface area contributed by atoms with Crippen molar-refractivity contribution < 1.29 is 18.7 Å². The van der Waals surface area contributed by atoms with E-state index in [9.17, 15) is 13.6 Å². The molecule has 3 atom stereocenters. The maximum absolute atomic E-state index is 13.9. The predicted molar refractivity (Wildman–Crippen MR) is 63.1 cm³/mol. The zero-order valence-corrected chi connectivity index (χ0v) is 10.2. The summed E-state index contributed by atoms with van der Waals surface area (Å²) in [6.45, 7) is 0.886. The molecule has 1 heterocycles. The molecule has 18 heavy (non-hydrogen) atoms. The van der Waals surface area contributed by atoms with Crippen LogP contribution in [0.2, 0.25) is 0 Å². The van der Waals surface area contributed by atoms with Gasteiger partial charge in [-0.3, -0.25) is 4.79 Å². The first kappa shape index (κ1) is 13.2. The van der Waals surface area contributed by atoms with E-state index in [1.54, 1.807) is 13.0 Å². The number of carbonyl (C=O) groups is 1. The Balaban J connectivity index is 2.18. The van der Waals surface area contributed by atoms with Crippen LogP contribution in [0, 0.1) is 5.92 Å². The van der Waals surface area contributed by atoms with Gasteiger partial charge in [-0.2, -0.15) is 0 Å². The van der Waals surface area contributed by atoms with E-state index in [2.05, 4.69) is 5.32 Å². The van der Waals surface area contributed by atoms with Crippen LogP contribution < -0.4 is 5.32 Å². The third kappa shape index (κ3) is 2.07. The largest absolute Gasteiger partial charge is 0.392 e. The van der Waals surface area contributed by atoms with Crippen LogP contribution in [0.5, 0.6) is 0 Å². The van der Waals surface area contributed by atoms with E-state index in [4.69, 9.17) is 5.11 Å². The average Bonchev–Trinajstić information content (AvgIpc) is 2.35. The van der Waals surface area contributed by atoms with Gasteiger partial charge in [-0.25, -0.2) is 8.78 Å². The highest BCUT2D eigenvalue weighted by Gasteiger charge is 2.50. The van der Waals surface area contributed by atoms with Crippen molar-refractivity contribution in [3.05, 3.63) is 24.1 Å². The van der Waals surface area contributed by atoms with Gasteiger partial charge in [0.2, 0.25) is 5.67 Å². The number of aliphatic hydroxyl groups is 1. The van der Waals surface area contributed by atoms with Crippen molar-refractivity contribution in [2.45, 2.75) is 37.4 Å². The van der Waals surface area contributed by atoms with E-state index in [1.807, 2.05) is 6.08 Å². The Morgan fingerprint density at radius 3 is 2.83 bits per heavy atom. The highest BCUT2D eigenvalue weighted by atomic mass is 19.1. The molecule has 0 aromatic heterocycles. The lowest BCUT2D eigenvalue weighted by molar-refractivity contribution is -0.143. The quantitative estimate of drug-likeness (QED) is 0.792. The van der Waals surface area contributed by atoms with Gasteiger partial charge in [-0.1, -0.05) is 12.2 Å². The molecule has 1 fully saturated rings. The average molecular weight is 257 g/mol. The molecule has 0 saturated carbocycles. The molecule has 1 saturated heterocycles. The Morgan fingerprint density at radius 1 is 1.56 bits per heavy atom. The first-order valence-corrected chi connectivity index (χ1v) is 6.06. The zero-order valence-electron chi connectivity index (χ0n) is 10.2. The summed E-state index contributed by atoms with van der Waals surface area (Å²) in [6, 6.07) is 0. The van der Waals surface area contributed by atoms with Crippen LogP contribution >= 0.6 is 0 Å². The van der Waals surface area contributed by atoms with Crippen molar-refractivity contribution in [3.63, 3.8) is 0 Å².